The Morgan fingerprint density at radius 3 is 2.24 bits per heavy atom. The number of aromatic amines is 1. The molecular weight excluding hydrogens is 310 g/mol. The summed E-state index contributed by atoms with van der Waals surface area (Å²) in [6, 6.07) is 18.1. The van der Waals surface area contributed by atoms with E-state index in [1.807, 2.05) is 31.2 Å². The predicted octanol–water partition coefficient (Wildman–Crippen LogP) is 4.57. The van der Waals surface area contributed by atoms with Gasteiger partial charge in [0, 0.05) is 5.56 Å². The Hall–Kier alpha value is -2.88. The monoisotopic (exact) mass is 333 g/mol. The van der Waals surface area contributed by atoms with Crippen LogP contribution in [0.25, 0.3) is 11.3 Å². The van der Waals surface area contributed by atoms with Crippen molar-refractivity contribution in [1.29, 1.82) is 0 Å². The molecule has 4 nitrogen and oxygen atoms in total. The Balaban J connectivity index is 1.74. The number of carbonyl (C=O) groups excluding carboxylic acids is 1. The summed E-state index contributed by atoms with van der Waals surface area (Å²) in [4.78, 5) is 12.6. The van der Waals surface area contributed by atoms with Crippen LogP contribution in [0, 0.1) is 13.8 Å². The molecule has 3 aromatic rings. The molecule has 2 N–H and O–H groups in total. The summed E-state index contributed by atoms with van der Waals surface area (Å²) >= 11 is 0. The van der Waals surface area contributed by atoms with Crippen molar-refractivity contribution in [2.24, 2.45) is 0 Å². The van der Waals surface area contributed by atoms with Crippen molar-refractivity contribution < 1.29 is 4.79 Å². The minimum atomic E-state index is -0.140. The number of nitrogens with zero attached hydrogens (tertiary/aromatic N) is 1. The Morgan fingerprint density at radius 2 is 1.64 bits per heavy atom. The number of H-pyrrole nitrogens is 1. The van der Waals surface area contributed by atoms with E-state index < -0.39 is 0 Å². The van der Waals surface area contributed by atoms with E-state index in [0.29, 0.717) is 5.69 Å². The third-order valence-corrected chi connectivity index (χ3v) is 4.36. The lowest BCUT2D eigenvalue weighted by Gasteiger charge is -2.17. The van der Waals surface area contributed by atoms with E-state index in [0.717, 1.165) is 23.2 Å². The van der Waals surface area contributed by atoms with Gasteiger partial charge in [-0.2, -0.15) is 5.10 Å². The van der Waals surface area contributed by atoms with Gasteiger partial charge in [-0.15, -0.1) is 0 Å². The molecule has 0 saturated carbocycles. The van der Waals surface area contributed by atoms with Crippen LogP contribution in [-0.4, -0.2) is 16.1 Å². The lowest BCUT2D eigenvalue weighted by Crippen LogP contribution is -2.28. The summed E-state index contributed by atoms with van der Waals surface area (Å²) in [5.41, 5.74) is 5.75. The topological polar surface area (TPSA) is 57.8 Å². The van der Waals surface area contributed by atoms with Gasteiger partial charge in [0.2, 0.25) is 0 Å². The highest BCUT2D eigenvalue weighted by molar-refractivity contribution is 5.93. The molecule has 2 aromatic carbocycles. The van der Waals surface area contributed by atoms with Crippen molar-refractivity contribution in [3.63, 3.8) is 0 Å². The molecule has 4 heteroatoms. The minimum absolute atomic E-state index is 0.0146. The Bertz CT molecular complexity index is 848. The smallest absolute Gasteiger partial charge is 0.269 e. The molecule has 0 saturated heterocycles. The van der Waals surface area contributed by atoms with Crippen LogP contribution >= 0.6 is 0 Å². The number of carbonyl (C=O) groups is 1. The maximum absolute atomic E-state index is 12.6. The molecular formula is C21H23N3O. The first kappa shape index (κ1) is 17.0. The first-order valence-corrected chi connectivity index (χ1v) is 8.56. The van der Waals surface area contributed by atoms with Crippen LogP contribution in [-0.2, 0) is 0 Å². The Labute approximate surface area is 148 Å². The molecule has 1 unspecified atom stereocenters. The molecule has 3 rings (SSSR count). The van der Waals surface area contributed by atoms with E-state index in [2.05, 4.69) is 53.6 Å². The maximum Gasteiger partial charge on any atom is 0.269 e. The zero-order valence-electron chi connectivity index (χ0n) is 14.8. The zero-order chi connectivity index (χ0) is 17.8. The van der Waals surface area contributed by atoms with Crippen LogP contribution in [0.5, 0.6) is 0 Å². The molecule has 0 fully saturated rings. The van der Waals surface area contributed by atoms with E-state index in [-0.39, 0.29) is 11.9 Å². The molecule has 0 bridgehead atoms. The first-order valence-electron chi connectivity index (χ1n) is 8.56. The summed E-state index contributed by atoms with van der Waals surface area (Å²) in [6.45, 7) is 6.17. The fourth-order valence-electron chi connectivity index (χ4n) is 2.77. The molecule has 25 heavy (non-hydrogen) atoms. The highest BCUT2D eigenvalue weighted by atomic mass is 16.2. The van der Waals surface area contributed by atoms with E-state index in [1.54, 1.807) is 6.07 Å². The second kappa shape index (κ2) is 7.34. The number of aromatic nitrogens is 2. The Morgan fingerprint density at radius 1 is 1.04 bits per heavy atom. The number of aryl methyl sites for hydroxylation is 2. The molecule has 0 aliphatic heterocycles. The third-order valence-electron chi connectivity index (χ3n) is 4.36. The third kappa shape index (κ3) is 3.97. The molecule has 0 aliphatic carbocycles. The number of hydrogen-bond acceptors (Lipinski definition) is 2. The van der Waals surface area contributed by atoms with Crippen molar-refractivity contribution in [2.75, 3.05) is 0 Å². The van der Waals surface area contributed by atoms with E-state index in [1.165, 1.54) is 11.1 Å². The molecule has 128 valence electrons. The van der Waals surface area contributed by atoms with Gasteiger partial charge in [-0.1, -0.05) is 66.6 Å². The number of amides is 1. The molecule has 1 aromatic heterocycles. The lowest BCUT2D eigenvalue weighted by atomic mass is 10.0. The van der Waals surface area contributed by atoms with Crippen molar-refractivity contribution in [3.8, 4) is 11.3 Å². The summed E-state index contributed by atoms with van der Waals surface area (Å²) in [5, 5.41) is 10.2. The normalized spacial score (nSPS) is 12.0. The molecule has 0 spiro atoms. The second-order valence-corrected chi connectivity index (χ2v) is 6.38. The van der Waals surface area contributed by atoms with Crippen LogP contribution in [0.3, 0.4) is 0 Å². The van der Waals surface area contributed by atoms with Crippen LogP contribution < -0.4 is 5.32 Å². The van der Waals surface area contributed by atoms with Crippen LogP contribution in [0.1, 0.15) is 46.6 Å². The van der Waals surface area contributed by atoms with E-state index in [4.69, 9.17) is 0 Å². The van der Waals surface area contributed by atoms with Crippen LogP contribution in [0.15, 0.2) is 54.6 Å². The van der Waals surface area contributed by atoms with Gasteiger partial charge in [0.1, 0.15) is 5.69 Å². The highest BCUT2D eigenvalue weighted by Crippen LogP contribution is 2.20. The number of rotatable bonds is 5. The number of benzene rings is 2. The van der Waals surface area contributed by atoms with E-state index in [9.17, 15) is 4.79 Å². The zero-order valence-corrected chi connectivity index (χ0v) is 14.8. The summed E-state index contributed by atoms with van der Waals surface area (Å²) in [7, 11) is 0. The second-order valence-electron chi connectivity index (χ2n) is 6.38. The minimum Gasteiger partial charge on any atom is -0.344 e. The van der Waals surface area contributed by atoms with Gasteiger partial charge in [-0.25, -0.2) is 0 Å². The van der Waals surface area contributed by atoms with Crippen molar-refractivity contribution in [1.82, 2.24) is 15.5 Å². The molecule has 0 aliphatic rings. The summed E-state index contributed by atoms with van der Waals surface area (Å²) in [5.74, 6) is -0.140. The van der Waals surface area contributed by atoms with Gasteiger partial charge in [0.05, 0.1) is 11.7 Å². The van der Waals surface area contributed by atoms with Crippen molar-refractivity contribution in [2.45, 2.75) is 33.2 Å². The predicted molar refractivity (Wildman–Crippen MR) is 100 cm³/mol. The fraction of sp³-hybridized carbons (Fsp3) is 0.238. The SMILES string of the molecule is CCC(NC(=O)c1cc(-c2ccc(C)cc2)n[nH]1)c1ccc(C)cc1. The van der Waals surface area contributed by atoms with Gasteiger partial charge in [-0.05, 0) is 31.9 Å². The van der Waals surface area contributed by atoms with Gasteiger partial charge in [0.25, 0.3) is 5.91 Å². The fourth-order valence-corrected chi connectivity index (χ4v) is 2.77. The summed E-state index contributed by atoms with van der Waals surface area (Å²) in [6.07, 6.45) is 0.827. The van der Waals surface area contributed by atoms with E-state index >= 15 is 0 Å². The van der Waals surface area contributed by atoms with Crippen LogP contribution in [0.4, 0.5) is 0 Å². The summed E-state index contributed by atoms with van der Waals surface area (Å²) < 4.78 is 0. The Kier molecular flexibility index (Phi) is 4.98. The standard InChI is InChI=1S/C21H23N3O/c1-4-18(16-9-5-14(2)6-10-16)22-21(25)20-13-19(23-24-20)17-11-7-15(3)8-12-17/h5-13,18H,4H2,1-3H3,(H,22,25)(H,23,24). The molecule has 0 radical (unpaired) electrons. The van der Waals surface area contributed by atoms with Crippen molar-refractivity contribution in [3.05, 3.63) is 77.0 Å². The van der Waals surface area contributed by atoms with Gasteiger partial charge in [-0.3, -0.25) is 9.89 Å². The van der Waals surface area contributed by atoms with Crippen LogP contribution in [0.2, 0.25) is 0 Å². The first-order chi connectivity index (χ1) is 12.1. The largest absolute Gasteiger partial charge is 0.344 e. The average Bonchev–Trinajstić information content (AvgIpc) is 3.11. The maximum atomic E-state index is 12.6. The quantitative estimate of drug-likeness (QED) is 0.718. The van der Waals surface area contributed by atoms with Gasteiger partial charge < -0.3 is 5.32 Å². The molecule has 1 atom stereocenters. The number of nitrogens with one attached hydrogen (secondary N) is 2. The molecule has 1 amide bonds. The van der Waals surface area contributed by atoms with Gasteiger partial charge >= 0.3 is 0 Å². The highest BCUT2D eigenvalue weighted by Gasteiger charge is 2.16. The number of hydrogen-bond donors (Lipinski definition) is 2. The molecule has 1 heterocycles. The average molecular weight is 333 g/mol. The lowest BCUT2D eigenvalue weighted by molar-refractivity contribution is 0.0930. The van der Waals surface area contributed by atoms with Crippen molar-refractivity contribution >= 4 is 5.91 Å². The van der Waals surface area contributed by atoms with Gasteiger partial charge in [0.15, 0.2) is 0 Å².